The van der Waals surface area contributed by atoms with E-state index in [-0.39, 0.29) is 17.5 Å². The lowest BCUT2D eigenvalue weighted by Gasteiger charge is -2.34. The Morgan fingerprint density at radius 3 is 2.55 bits per heavy atom. The molecule has 1 heterocycles. The average molecular weight is 305 g/mol. The number of rotatable bonds is 2. The number of benzene rings is 1. The molecule has 6 nitrogen and oxygen atoms in total. The van der Waals surface area contributed by atoms with Crippen molar-refractivity contribution in [3.8, 4) is 5.75 Å². The number of phenolic OH excluding ortho intramolecular Hbond substituents is 1. The molecule has 2 amide bonds. The first kappa shape index (κ1) is 16.3. The first-order valence-electron chi connectivity index (χ1n) is 7.45. The van der Waals surface area contributed by atoms with Crippen LogP contribution in [0.5, 0.6) is 5.75 Å². The molecule has 2 rings (SSSR count). The minimum absolute atomic E-state index is 0.0388. The van der Waals surface area contributed by atoms with Crippen LogP contribution in [0.1, 0.15) is 18.4 Å². The van der Waals surface area contributed by atoms with Crippen molar-refractivity contribution in [2.75, 3.05) is 32.5 Å². The highest BCUT2D eigenvalue weighted by atomic mass is 16.3. The highest BCUT2D eigenvalue weighted by Crippen LogP contribution is 2.24. The van der Waals surface area contributed by atoms with Gasteiger partial charge in [0.25, 0.3) is 0 Å². The molecule has 0 spiro atoms. The largest absolute Gasteiger partial charge is 0.506 e. The van der Waals surface area contributed by atoms with Gasteiger partial charge < -0.3 is 20.2 Å². The van der Waals surface area contributed by atoms with Crippen LogP contribution in [-0.2, 0) is 9.59 Å². The van der Waals surface area contributed by atoms with Gasteiger partial charge in [-0.3, -0.25) is 9.59 Å². The van der Waals surface area contributed by atoms with Crippen LogP contribution in [0.25, 0.3) is 0 Å². The van der Waals surface area contributed by atoms with Gasteiger partial charge >= 0.3 is 11.8 Å². The molecule has 1 aliphatic rings. The fourth-order valence-corrected chi connectivity index (χ4v) is 2.63. The second-order valence-corrected chi connectivity index (χ2v) is 5.93. The predicted octanol–water partition coefficient (Wildman–Crippen LogP) is 1.19. The van der Waals surface area contributed by atoms with E-state index in [1.807, 2.05) is 14.0 Å². The zero-order valence-electron chi connectivity index (χ0n) is 13.3. The normalized spacial score (nSPS) is 16.3. The minimum Gasteiger partial charge on any atom is -0.506 e. The summed E-state index contributed by atoms with van der Waals surface area (Å²) in [6.45, 7) is 3.68. The molecular weight excluding hydrogens is 282 g/mol. The van der Waals surface area contributed by atoms with Gasteiger partial charge in [0.1, 0.15) is 5.75 Å². The van der Waals surface area contributed by atoms with Gasteiger partial charge in [-0.25, -0.2) is 0 Å². The summed E-state index contributed by atoms with van der Waals surface area (Å²) in [5.41, 5.74) is 1.13. The van der Waals surface area contributed by atoms with Crippen molar-refractivity contribution < 1.29 is 14.7 Å². The number of hydrogen-bond donors (Lipinski definition) is 2. The molecule has 1 aliphatic heterocycles. The monoisotopic (exact) mass is 305 g/mol. The number of anilines is 1. The number of piperidine rings is 1. The van der Waals surface area contributed by atoms with Gasteiger partial charge in [-0.1, -0.05) is 6.07 Å². The van der Waals surface area contributed by atoms with Gasteiger partial charge in [-0.2, -0.15) is 0 Å². The summed E-state index contributed by atoms with van der Waals surface area (Å²) in [7, 11) is 3.71. The Hall–Kier alpha value is -2.08. The van der Waals surface area contributed by atoms with E-state index in [2.05, 4.69) is 10.2 Å². The zero-order chi connectivity index (χ0) is 16.3. The Morgan fingerprint density at radius 2 is 1.95 bits per heavy atom. The summed E-state index contributed by atoms with van der Waals surface area (Å²) in [5, 5.41) is 12.3. The highest BCUT2D eigenvalue weighted by Gasteiger charge is 2.28. The molecule has 0 unspecified atom stereocenters. The lowest BCUT2D eigenvalue weighted by atomic mass is 10.0. The number of aromatic hydroxyl groups is 1. The number of nitrogens with zero attached hydrogens (tertiary/aromatic N) is 2. The van der Waals surface area contributed by atoms with Crippen LogP contribution >= 0.6 is 0 Å². The summed E-state index contributed by atoms with van der Waals surface area (Å²) in [5.74, 6) is -1.33. The molecule has 6 heteroatoms. The topological polar surface area (TPSA) is 72.9 Å². The molecule has 0 aliphatic carbocycles. The van der Waals surface area contributed by atoms with Gasteiger partial charge in [-0.15, -0.1) is 0 Å². The summed E-state index contributed by atoms with van der Waals surface area (Å²) >= 11 is 0. The molecule has 0 aromatic heterocycles. The molecule has 120 valence electrons. The lowest BCUT2D eigenvalue weighted by Crippen LogP contribution is -2.47. The number of amides is 2. The molecule has 2 N–H and O–H groups in total. The van der Waals surface area contributed by atoms with E-state index in [0.29, 0.717) is 0 Å². The highest BCUT2D eigenvalue weighted by molar-refractivity contribution is 6.39. The summed E-state index contributed by atoms with van der Waals surface area (Å²) in [4.78, 5) is 28.0. The van der Waals surface area contributed by atoms with Crippen LogP contribution in [0.15, 0.2) is 18.2 Å². The average Bonchev–Trinajstić information content (AvgIpc) is 2.49. The van der Waals surface area contributed by atoms with Crippen LogP contribution in [0.3, 0.4) is 0 Å². The summed E-state index contributed by atoms with van der Waals surface area (Å²) < 4.78 is 0. The van der Waals surface area contributed by atoms with E-state index < -0.39 is 11.8 Å². The maximum absolute atomic E-state index is 12.2. The smallest absolute Gasteiger partial charge is 0.314 e. The Labute approximate surface area is 130 Å². The summed E-state index contributed by atoms with van der Waals surface area (Å²) in [6.07, 6.45) is 1.73. The maximum Gasteiger partial charge on any atom is 0.314 e. The van der Waals surface area contributed by atoms with E-state index in [9.17, 15) is 14.7 Å². The van der Waals surface area contributed by atoms with Gasteiger partial charge in [-0.05, 0) is 57.6 Å². The van der Waals surface area contributed by atoms with E-state index in [0.717, 1.165) is 31.5 Å². The van der Waals surface area contributed by atoms with Gasteiger partial charge in [0.05, 0.1) is 5.69 Å². The number of phenols is 1. The Balaban J connectivity index is 1.98. The van der Waals surface area contributed by atoms with Crippen LogP contribution in [-0.4, -0.2) is 59.9 Å². The number of carbonyl (C=O) groups is 2. The third-order valence-electron chi connectivity index (χ3n) is 4.15. The van der Waals surface area contributed by atoms with E-state index in [4.69, 9.17) is 0 Å². The molecule has 22 heavy (non-hydrogen) atoms. The third kappa shape index (κ3) is 3.76. The molecule has 0 bridgehead atoms. The SMILES string of the molecule is Cc1ccc(NC(=O)C(=O)N(C)C2CCN(C)CC2)c(O)c1. The zero-order valence-corrected chi connectivity index (χ0v) is 13.3. The molecular formula is C16H23N3O3. The number of hydrogen-bond acceptors (Lipinski definition) is 4. The summed E-state index contributed by atoms with van der Waals surface area (Å²) in [6, 6.07) is 4.98. The van der Waals surface area contributed by atoms with E-state index in [1.165, 1.54) is 4.90 Å². The first-order valence-corrected chi connectivity index (χ1v) is 7.45. The van der Waals surface area contributed by atoms with Crippen LogP contribution in [0.4, 0.5) is 5.69 Å². The Kier molecular flexibility index (Phi) is 5.03. The van der Waals surface area contributed by atoms with E-state index >= 15 is 0 Å². The predicted molar refractivity (Wildman–Crippen MR) is 84.8 cm³/mol. The molecule has 0 atom stereocenters. The Bertz CT molecular complexity index is 566. The third-order valence-corrected chi connectivity index (χ3v) is 4.15. The van der Waals surface area contributed by atoms with Crippen molar-refractivity contribution in [2.45, 2.75) is 25.8 Å². The second kappa shape index (κ2) is 6.79. The maximum atomic E-state index is 12.2. The van der Waals surface area contributed by atoms with Crippen molar-refractivity contribution >= 4 is 17.5 Å². The van der Waals surface area contributed by atoms with Gasteiger partial charge in [0, 0.05) is 13.1 Å². The van der Waals surface area contributed by atoms with E-state index in [1.54, 1.807) is 25.2 Å². The van der Waals surface area contributed by atoms with Crippen LogP contribution in [0, 0.1) is 6.92 Å². The van der Waals surface area contributed by atoms with Crippen LogP contribution in [0.2, 0.25) is 0 Å². The molecule has 0 saturated carbocycles. The van der Waals surface area contributed by atoms with Crippen molar-refractivity contribution in [1.82, 2.24) is 9.80 Å². The fourth-order valence-electron chi connectivity index (χ4n) is 2.63. The number of nitrogens with one attached hydrogen (secondary N) is 1. The van der Waals surface area contributed by atoms with Crippen molar-refractivity contribution in [3.63, 3.8) is 0 Å². The number of likely N-dealkylation sites (tertiary alicyclic amines) is 1. The van der Waals surface area contributed by atoms with Crippen molar-refractivity contribution in [3.05, 3.63) is 23.8 Å². The fraction of sp³-hybridized carbons (Fsp3) is 0.500. The Morgan fingerprint density at radius 1 is 1.32 bits per heavy atom. The minimum atomic E-state index is -0.722. The van der Waals surface area contributed by atoms with Crippen molar-refractivity contribution in [2.24, 2.45) is 0 Å². The molecule has 0 radical (unpaired) electrons. The number of likely N-dealkylation sites (N-methyl/N-ethyl adjacent to an activating group) is 1. The quantitative estimate of drug-likeness (QED) is 0.636. The molecule has 1 fully saturated rings. The van der Waals surface area contributed by atoms with Crippen molar-refractivity contribution in [1.29, 1.82) is 0 Å². The molecule has 1 saturated heterocycles. The first-order chi connectivity index (χ1) is 10.4. The number of aryl methyl sites for hydroxylation is 1. The molecule has 1 aromatic carbocycles. The van der Waals surface area contributed by atoms with Gasteiger partial charge in [0.2, 0.25) is 0 Å². The molecule has 1 aromatic rings. The lowest BCUT2D eigenvalue weighted by molar-refractivity contribution is -0.144. The second-order valence-electron chi connectivity index (χ2n) is 5.93. The number of carbonyl (C=O) groups excluding carboxylic acids is 2. The van der Waals surface area contributed by atoms with Crippen LogP contribution < -0.4 is 5.32 Å². The standard InChI is InChI=1S/C16H23N3O3/c1-11-4-5-13(14(20)10-11)17-15(21)16(22)19(3)12-6-8-18(2)9-7-12/h4-5,10,12,20H,6-9H2,1-3H3,(H,17,21). The van der Waals surface area contributed by atoms with Gasteiger partial charge in [0.15, 0.2) is 0 Å².